The Hall–Kier alpha value is -1.16. The predicted octanol–water partition coefficient (Wildman–Crippen LogP) is 1.31. The highest BCUT2D eigenvalue weighted by Gasteiger charge is 2.19. The van der Waals surface area contributed by atoms with Crippen LogP contribution in [0.25, 0.3) is 0 Å². The van der Waals surface area contributed by atoms with E-state index in [4.69, 9.17) is 0 Å². The Morgan fingerprint density at radius 2 is 2.25 bits per heavy atom. The third-order valence-corrected chi connectivity index (χ3v) is 3.35. The minimum Gasteiger partial charge on any atom is -0.334 e. The van der Waals surface area contributed by atoms with Crippen molar-refractivity contribution in [2.45, 2.75) is 32.9 Å². The number of rotatable bonds is 4. The molecule has 0 aliphatic carbocycles. The lowest BCUT2D eigenvalue weighted by Crippen LogP contribution is -2.34. The van der Waals surface area contributed by atoms with Gasteiger partial charge in [-0.05, 0) is 32.9 Å². The van der Waals surface area contributed by atoms with Crippen molar-refractivity contribution >= 4 is 6.29 Å². The molecule has 88 valence electrons. The number of aldehydes is 1. The SMILES string of the molecule is CCn1cncc1CN1CCC(C=O)CC1. The van der Waals surface area contributed by atoms with E-state index in [-0.39, 0.29) is 5.92 Å². The van der Waals surface area contributed by atoms with Crippen molar-refractivity contribution in [1.29, 1.82) is 0 Å². The van der Waals surface area contributed by atoms with Crippen LogP contribution in [-0.4, -0.2) is 33.8 Å². The first kappa shape index (κ1) is 11.3. The van der Waals surface area contributed by atoms with Gasteiger partial charge in [0.2, 0.25) is 0 Å². The number of aromatic nitrogens is 2. The van der Waals surface area contributed by atoms with E-state index in [1.807, 2.05) is 12.5 Å². The second kappa shape index (κ2) is 5.25. The average molecular weight is 221 g/mol. The molecular weight excluding hydrogens is 202 g/mol. The summed E-state index contributed by atoms with van der Waals surface area (Å²) in [5.41, 5.74) is 1.27. The summed E-state index contributed by atoms with van der Waals surface area (Å²) in [4.78, 5) is 17.2. The highest BCUT2D eigenvalue weighted by atomic mass is 16.1. The van der Waals surface area contributed by atoms with Crippen LogP contribution < -0.4 is 0 Å². The van der Waals surface area contributed by atoms with Gasteiger partial charge in [0, 0.05) is 25.2 Å². The van der Waals surface area contributed by atoms with Crippen LogP contribution in [-0.2, 0) is 17.9 Å². The first-order valence-corrected chi connectivity index (χ1v) is 6.00. The van der Waals surface area contributed by atoms with Gasteiger partial charge in [-0.15, -0.1) is 0 Å². The molecule has 2 heterocycles. The Labute approximate surface area is 96.3 Å². The molecule has 2 rings (SSSR count). The van der Waals surface area contributed by atoms with Crippen molar-refractivity contribution in [2.24, 2.45) is 5.92 Å². The van der Waals surface area contributed by atoms with Crippen molar-refractivity contribution in [2.75, 3.05) is 13.1 Å². The van der Waals surface area contributed by atoms with E-state index in [0.29, 0.717) is 0 Å². The molecule has 0 spiro atoms. The van der Waals surface area contributed by atoms with Crippen molar-refractivity contribution in [3.8, 4) is 0 Å². The summed E-state index contributed by atoms with van der Waals surface area (Å²) in [6.07, 6.45) is 6.93. The fourth-order valence-electron chi connectivity index (χ4n) is 2.24. The molecule has 0 saturated carbocycles. The van der Waals surface area contributed by atoms with E-state index in [1.165, 1.54) is 5.69 Å². The van der Waals surface area contributed by atoms with E-state index in [1.54, 1.807) is 0 Å². The Kier molecular flexibility index (Phi) is 3.72. The molecule has 4 heteroatoms. The topological polar surface area (TPSA) is 38.1 Å². The van der Waals surface area contributed by atoms with Gasteiger partial charge >= 0.3 is 0 Å². The molecule has 16 heavy (non-hydrogen) atoms. The number of hydrogen-bond acceptors (Lipinski definition) is 3. The Morgan fingerprint density at radius 1 is 1.50 bits per heavy atom. The summed E-state index contributed by atoms with van der Waals surface area (Å²) in [5, 5.41) is 0. The zero-order valence-corrected chi connectivity index (χ0v) is 9.80. The maximum atomic E-state index is 10.7. The van der Waals surface area contributed by atoms with Gasteiger partial charge < -0.3 is 9.36 Å². The van der Waals surface area contributed by atoms with Gasteiger partial charge in [0.15, 0.2) is 0 Å². The molecule has 0 bridgehead atoms. The number of nitrogens with zero attached hydrogens (tertiary/aromatic N) is 3. The molecule has 1 saturated heterocycles. The van der Waals surface area contributed by atoms with E-state index in [0.717, 1.165) is 45.3 Å². The van der Waals surface area contributed by atoms with Gasteiger partial charge in [0.25, 0.3) is 0 Å². The van der Waals surface area contributed by atoms with E-state index < -0.39 is 0 Å². The maximum Gasteiger partial charge on any atom is 0.123 e. The highest BCUT2D eigenvalue weighted by Crippen LogP contribution is 2.17. The number of carbonyl (C=O) groups excluding carboxylic acids is 1. The van der Waals surface area contributed by atoms with Gasteiger partial charge in [0.1, 0.15) is 6.29 Å². The number of hydrogen-bond donors (Lipinski definition) is 0. The fourth-order valence-corrected chi connectivity index (χ4v) is 2.24. The van der Waals surface area contributed by atoms with Crippen LogP contribution in [0.2, 0.25) is 0 Å². The third kappa shape index (κ3) is 2.50. The lowest BCUT2D eigenvalue weighted by Gasteiger charge is -2.29. The van der Waals surface area contributed by atoms with Gasteiger partial charge in [0.05, 0.1) is 12.0 Å². The van der Waals surface area contributed by atoms with Gasteiger partial charge in [-0.3, -0.25) is 4.90 Å². The van der Waals surface area contributed by atoms with Crippen LogP contribution in [0.15, 0.2) is 12.5 Å². The molecule has 0 N–H and O–H groups in total. The van der Waals surface area contributed by atoms with Crippen LogP contribution in [0, 0.1) is 5.92 Å². The zero-order chi connectivity index (χ0) is 11.4. The minimum atomic E-state index is 0.285. The molecule has 0 atom stereocenters. The summed E-state index contributed by atoms with van der Waals surface area (Å²) in [6.45, 7) is 6.11. The summed E-state index contributed by atoms with van der Waals surface area (Å²) < 4.78 is 2.17. The van der Waals surface area contributed by atoms with Crippen molar-refractivity contribution in [3.63, 3.8) is 0 Å². The Bertz CT molecular complexity index is 340. The molecule has 0 aromatic carbocycles. The van der Waals surface area contributed by atoms with Gasteiger partial charge in [-0.2, -0.15) is 0 Å². The van der Waals surface area contributed by atoms with Crippen molar-refractivity contribution in [3.05, 3.63) is 18.2 Å². The maximum absolute atomic E-state index is 10.7. The van der Waals surface area contributed by atoms with Crippen molar-refractivity contribution < 1.29 is 4.79 Å². The first-order chi connectivity index (χ1) is 7.83. The fraction of sp³-hybridized carbons (Fsp3) is 0.667. The largest absolute Gasteiger partial charge is 0.334 e. The second-order valence-corrected chi connectivity index (χ2v) is 4.42. The molecule has 0 unspecified atom stereocenters. The number of aryl methyl sites for hydroxylation is 1. The summed E-state index contributed by atoms with van der Waals surface area (Å²) in [6, 6.07) is 0. The standard InChI is InChI=1S/C12H19N3O/c1-2-15-10-13-7-12(15)8-14-5-3-11(9-16)4-6-14/h7,9-11H,2-6,8H2,1H3. The third-order valence-electron chi connectivity index (χ3n) is 3.35. The second-order valence-electron chi connectivity index (χ2n) is 4.42. The molecule has 1 aliphatic heterocycles. The molecule has 0 amide bonds. The lowest BCUT2D eigenvalue weighted by atomic mass is 9.98. The molecular formula is C12H19N3O. The highest BCUT2D eigenvalue weighted by molar-refractivity contribution is 5.53. The van der Waals surface area contributed by atoms with E-state index in [9.17, 15) is 4.79 Å². The molecule has 4 nitrogen and oxygen atoms in total. The molecule has 1 fully saturated rings. The Balaban J connectivity index is 1.89. The van der Waals surface area contributed by atoms with E-state index >= 15 is 0 Å². The van der Waals surface area contributed by atoms with Gasteiger partial charge in [-0.25, -0.2) is 4.98 Å². The number of likely N-dealkylation sites (tertiary alicyclic amines) is 1. The summed E-state index contributed by atoms with van der Waals surface area (Å²) in [5.74, 6) is 0.285. The van der Waals surface area contributed by atoms with Crippen LogP contribution in [0.4, 0.5) is 0 Å². The smallest absolute Gasteiger partial charge is 0.123 e. The molecule has 1 aromatic heterocycles. The van der Waals surface area contributed by atoms with Crippen LogP contribution >= 0.6 is 0 Å². The predicted molar refractivity (Wildman–Crippen MR) is 62.0 cm³/mol. The average Bonchev–Trinajstić information content (AvgIpc) is 2.77. The number of piperidine rings is 1. The van der Waals surface area contributed by atoms with Crippen molar-refractivity contribution in [1.82, 2.24) is 14.5 Å². The molecule has 1 aliphatic rings. The van der Waals surface area contributed by atoms with Gasteiger partial charge in [-0.1, -0.05) is 0 Å². The summed E-state index contributed by atoms with van der Waals surface area (Å²) in [7, 11) is 0. The summed E-state index contributed by atoms with van der Waals surface area (Å²) >= 11 is 0. The first-order valence-electron chi connectivity index (χ1n) is 6.00. The van der Waals surface area contributed by atoms with Crippen LogP contribution in [0.1, 0.15) is 25.5 Å². The zero-order valence-electron chi connectivity index (χ0n) is 9.80. The van der Waals surface area contributed by atoms with E-state index in [2.05, 4.69) is 21.4 Å². The molecule has 1 aromatic rings. The monoisotopic (exact) mass is 221 g/mol. The Morgan fingerprint density at radius 3 is 2.88 bits per heavy atom. The number of imidazole rings is 1. The molecule has 0 radical (unpaired) electrons. The van der Waals surface area contributed by atoms with Crippen LogP contribution in [0.5, 0.6) is 0 Å². The minimum absolute atomic E-state index is 0.285. The van der Waals surface area contributed by atoms with Crippen LogP contribution in [0.3, 0.4) is 0 Å². The normalized spacial score (nSPS) is 18.8. The lowest BCUT2D eigenvalue weighted by molar-refractivity contribution is -0.112. The quantitative estimate of drug-likeness (QED) is 0.720. The number of carbonyl (C=O) groups is 1.